The van der Waals surface area contributed by atoms with E-state index in [9.17, 15) is 0 Å². The molecule has 0 spiro atoms. The van der Waals surface area contributed by atoms with E-state index in [0.717, 1.165) is 12.0 Å². The van der Waals surface area contributed by atoms with Crippen LogP contribution in [0, 0.1) is 5.92 Å². The largest absolute Gasteiger partial charge is 0.306 e. The van der Waals surface area contributed by atoms with Gasteiger partial charge in [0.25, 0.3) is 0 Å². The van der Waals surface area contributed by atoms with Crippen molar-refractivity contribution in [2.24, 2.45) is 5.92 Å². The average Bonchev–Trinajstić information content (AvgIpc) is 2.82. The molecular formula is C14H23NS. The first-order valence-corrected chi connectivity index (χ1v) is 7.47. The van der Waals surface area contributed by atoms with Gasteiger partial charge in [0.1, 0.15) is 0 Å². The maximum Gasteiger partial charge on any atom is 0.0414 e. The van der Waals surface area contributed by atoms with Crippen molar-refractivity contribution in [3.8, 4) is 0 Å². The normalized spacial score (nSPS) is 27.9. The van der Waals surface area contributed by atoms with Crippen molar-refractivity contribution >= 4 is 11.3 Å². The van der Waals surface area contributed by atoms with E-state index in [-0.39, 0.29) is 0 Å². The van der Waals surface area contributed by atoms with Crippen molar-refractivity contribution in [1.29, 1.82) is 0 Å². The fourth-order valence-corrected chi connectivity index (χ4v) is 3.47. The van der Waals surface area contributed by atoms with Gasteiger partial charge in [-0.1, -0.05) is 19.9 Å². The molecule has 1 heterocycles. The molecule has 1 fully saturated rings. The number of thiophene rings is 1. The third-order valence-electron chi connectivity index (χ3n) is 3.75. The van der Waals surface area contributed by atoms with Crippen molar-refractivity contribution < 1.29 is 0 Å². The van der Waals surface area contributed by atoms with E-state index in [1.54, 1.807) is 0 Å². The first-order chi connectivity index (χ1) is 7.79. The van der Waals surface area contributed by atoms with Crippen LogP contribution in [0.3, 0.4) is 0 Å². The lowest BCUT2D eigenvalue weighted by atomic mass is 9.87. The Hall–Kier alpha value is -0.340. The highest BCUT2D eigenvalue weighted by Gasteiger charge is 2.21. The van der Waals surface area contributed by atoms with Gasteiger partial charge in [0.15, 0.2) is 0 Å². The summed E-state index contributed by atoms with van der Waals surface area (Å²) in [6.07, 6.45) is 6.73. The smallest absolute Gasteiger partial charge is 0.0414 e. The summed E-state index contributed by atoms with van der Waals surface area (Å²) in [7, 11) is 0. The highest BCUT2D eigenvalue weighted by molar-refractivity contribution is 7.10. The molecule has 2 heteroatoms. The van der Waals surface area contributed by atoms with Crippen LogP contribution in [0.2, 0.25) is 0 Å². The number of hydrogen-bond donors (Lipinski definition) is 1. The maximum absolute atomic E-state index is 3.84. The van der Waals surface area contributed by atoms with E-state index in [0.29, 0.717) is 6.04 Å². The van der Waals surface area contributed by atoms with E-state index in [4.69, 9.17) is 0 Å². The summed E-state index contributed by atoms with van der Waals surface area (Å²) in [5, 5.41) is 6.02. The van der Waals surface area contributed by atoms with Gasteiger partial charge in [0.2, 0.25) is 0 Å². The third kappa shape index (κ3) is 3.08. The minimum atomic E-state index is 0.582. The molecule has 0 aromatic carbocycles. The molecule has 16 heavy (non-hydrogen) atoms. The van der Waals surface area contributed by atoms with E-state index >= 15 is 0 Å². The second kappa shape index (κ2) is 5.83. The molecule has 0 saturated heterocycles. The van der Waals surface area contributed by atoms with Crippen LogP contribution >= 0.6 is 11.3 Å². The predicted molar refractivity (Wildman–Crippen MR) is 71.9 cm³/mol. The zero-order valence-corrected chi connectivity index (χ0v) is 11.2. The quantitative estimate of drug-likeness (QED) is 0.820. The predicted octanol–water partition coefficient (Wildman–Crippen LogP) is 4.37. The molecule has 1 nitrogen and oxygen atoms in total. The second-order valence-corrected chi connectivity index (χ2v) is 6.08. The number of hydrogen-bond acceptors (Lipinski definition) is 2. The maximum atomic E-state index is 3.84. The lowest BCUT2D eigenvalue weighted by molar-refractivity contribution is 0.286. The van der Waals surface area contributed by atoms with Crippen LogP contribution in [0.4, 0.5) is 0 Å². The van der Waals surface area contributed by atoms with Crippen LogP contribution in [0.25, 0.3) is 0 Å². The summed E-state index contributed by atoms with van der Waals surface area (Å²) in [5.74, 6) is 0.944. The van der Waals surface area contributed by atoms with Gasteiger partial charge in [-0.15, -0.1) is 11.3 Å². The molecule has 90 valence electrons. The fourth-order valence-electron chi connectivity index (χ4n) is 2.60. The lowest BCUT2D eigenvalue weighted by Crippen LogP contribution is -2.35. The monoisotopic (exact) mass is 237 g/mol. The molecule has 0 radical (unpaired) electrons. The average molecular weight is 237 g/mol. The molecular weight excluding hydrogens is 214 g/mol. The minimum absolute atomic E-state index is 0.582. The lowest BCUT2D eigenvalue weighted by Gasteiger charge is -2.30. The molecule has 0 amide bonds. The van der Waals surface area contributed by atoms with Gasteiger partial charge in [-0.3, -0.25) is 0 Å². The van der Waals surface area contributed by atoms with Gasteiger partial charge in [-0.25, -0.2) is 0 Å². The van der Waals surface area contributed by atoms with Crippen molar-refractivity contribution in [3.63, 3.8) is 0 Å². The second-order valence-electron chi connectivity index (χ2n) is 5.10. The van der Waals surface area contributed by atoms with Crippen LogP contribution in [0.1, 0.15) is 56.9 Å². The summed E-state index contributed by atoms with van der Waals surface area (Å²) in [4.78, 5) is 1.50. The highest BCUT2D eigenvalue weighted by Crippen LogP contribution is 2.28. The Morgan fingerprint density at radius 2 is 2.12 bits per heavy atom. The van der Waals surface area contributed by atoms with Gasteiger partial charge in [0.05, 0.1) is 0 Å². The van der Waals surface area contributed by atoms with Crippen LogP contribution < -0.4 is 5.32 Å². The molecule has 1 aliphatic rings. The van der Waals surface area contributed by atoms with Crippen LogP contribution in [0.15, 0.2) is 17.5 Å². The molecule has 0 bridgehead atoms. The molecule has 0 aliphatic heterocycles. The molecule has 1 aromatic heterocycles. The molecule has 1 aromatic rings. The number of rotatable bonds is 4. The third-order valence-corrected chi connectivity index (χ3v) is 4.73. The summed E-state index contributed by atoms with van der Waals surface area (Å²) >= 11 is 1.88. The van der Waals surface area contributed by atoms with Gasteiger partial charge in [-0.05, 0) is 49.5 Å². The Bertz CT molecular complexity index is 286. The van der Waals surface area contributed by atoms with Gasteiger partial charge >= 0.3 is 0 Å². The van der Waals surface area contributed by atoms with Crippen LogP contribution in [-0.4, -0.2) is 6.04 Å². The molecule has 1 atom stereocenters. The van der Waals surface area contributed by atoms with Crippen molar-refractivity contribution in [2.45, 2.75) is 58.0 Å². The topological polar surface area (TPSA) is 12.0 Å². The molecule has 1 unspecified atom stereocenters. The Morgan fingerprint density at radius 1 is 1.38 bits per heavy atom. The number of nitrogens with one attached hydrogen (secondary N) is 1. The summed E-state index contributed by atoms with van der Waals surface area (Å²) in [5.41, 5.74) is 0. The first kappa shape index (κ1) is 12.1. The summed E-state index contributed by atoms with van der Waals surface area (Å²) < 4.78 is 0. The zero-order valence-electron chi connectivity index (χ0n) is 10.4. The molecule has 1 N–H and O–H groups in total. The Morgan fingerprint density at radius 3 is 2.69 bits per heavy atom. The Labute approximate surface area is 103 Å². The van der Waals surface area contributed by atoms with E-state index < -0.39 is 0 Å². The first-order valence-electron chi connectivity index (χ1n) is 6.59. The summed E-state index contributed by atoms with van der Waals surface area (Å²) in [6, 6.07) is 5.76. The van der Waals surface area contributed by atoms with E-state index in [2.05, 4.69) is 36.7 Å². The molecule has 1 saturated carbocycles. The summed E-state index contributed by atoms with van der Waals surface area (Å²) in [6.45, 7) is 4.66. The molecule has 1 aliphatic carbocycles. The van der Waals surface area contributed by atoms with Crippen LogP contribution in [-0.2, 0) is 0 Å². The zero-order chi connectivity index (χ0) is 11.4. The standard InChI is InChI=1S/C14H23NS/c1-3-13(14-5-4-10-16-14)15-12-8-6-11(2)7-9-12/h4-5,10-13,15H,3,6-9H2,1-2H3. The van der Waals surface area contributed by atoms with E-state index in [1.165, 1.54) is 37.0 Å². The van der Waals surface area contributed by atoms with Gasteiger partial charge in [0, 0.05) is 17.0 Å². The van der Waals surface area contributed by atoms with Gasteiger partial charge in [-0.2, -0.15) is 0 Å². The van der Waals surface area contributed by atoms with Crippen molar-refractivity contribution in [2.75, 3.05) is 0 Å². The van der Waals surface area contributed by atoms with Crippen LogP contribution in [0.5, 0.6) is 0 Å². The minimum Gasteiger partial charge on any atom is -0.306 e. The van der Waals surface area contributed by atoms with Crippen molar-refractivity contribution in [1.82, 2.24) is 5.32 Å². The SMILES string of the molecule is CCC(NC1CCC(C)CC1)c1cccs1. The van der Waals surface area contributed by atoms with Gasteiger partial charge < -0.3 is 5.32 Å². The Kier molecular flexibility index (Phi) is 4.42. The fraction of sp³-hybridized carbons (Fsp3) is 0.714. The van der Waals surface area contributed by atoms with E-state index in [1.807, 2.05) is 11.3 Å². The molecule has 2 rings (SSSR count). The van der Waals surface area contributed by atoms with Crippen molar-refractivity contribution in [3.05, 3.63) is 22.4 Å². The Balaban J connectivity index is 1.87. The highest BCUT2D eigenvalue weighted by atomic mass is 32.1.